The van der Waals surface area contributed by atoms with Crippen molar-refractivity contribution >= 4 is 5.91 Å². The quantitative estimate of drug-likeness (QED) is 0.750. The molecule has 0 spiro atoms. The molecule has 0 radical (unpaired) electrons. The summed E-state index contributed by atoms with van der Waals surface area (Å²) in [5, 5.41) is 2.86. The van der Waals surface area contributed by atoms with Crippen LogP contribution in [0.25, 0.3) is 0 Å². The van der Waals surface area contributed by atoms with E-state index in [0.29, 0.717) is 18.7 Å². The van der Waals surface area contributed by atoms with Gasteiger partial charge in [-0.15, -0.1) is 0 Å². The van der Waals surface area contributed by atoms with E-state index in [1.807, 2.05) is 31.1 Å². The standard InChI is InChI=1S/C14H19N3O/c1-17(2)10-9-16-14(18)13-7-3-5-12(11-13)6-4-8-15/h3,5,7,11H,8-10,15H2,1-2H3,(H,16,18). The van der Waals surface area contributed by atoms with Crippen molar-refractivity contribution in [3.05, 3.63) is 35.4 Å². The lowest BCUT2D eigenvalue weighted by molar-refractivity contribution is 0.0951. The number of likely N-dealkylation sites (N-methyl/N-ethyl adjacent to an activating group) is 1. The zero-order valence-corrected chi connectivity index (χ0v) is 10.9. The molecule has 0 unspecified atom stereocenters. The normalized spacial score (nSPS) is 9.78. The second kappa shape index (κ2) is 7.49. The fourth-order valence-corrected chi connectivity index (χ4v) is 1.39. The zero-order chi connectivity index (χ0) is 13.4. The minimum absolute atomic E-state index is 0.0757. The maximum Gasteiger partial charge on any atom is 0.251 e. The second-order valence-corrected chi connectivity index (χ2v) is 4.15. The fourth-order valence-electron chi connectivity index (χ4n) is 1.39. The first-order chi connectivity index (χ1) is 8.63. The molecule has 0 fully saturated rings. The van der Waals surface area contributed by atoms with E-state index in [4.69, 9.17) is 5.73 Å². The topological polar surface area (TPSA) is 58.4 Å². The van der Waals surface area contributed by atoms with Gasteiger partial charge in [-0.2, -0.15) is 0 Å². The molecule has 3 N–H and O–H groups in total. The molecular formula is C14H19N3O. The SMILES string of the molecule is CN(C)CCNC(=O)c1cccc(C#CCN)c1. The maximum atomic E-state index is 11.8. The first-order valence-corrected chi connectivity index (χ1v) is 5.85. The van der Waals surface area contributed by atoms with Gasteiger partial charge in [0.25, 0.3) is 5.91 Å². The van der Waals surface area contributed by atoms with E-state index in [9.17, 15) is 4.79 Å². The monoisotopic (exact) mass is 245 g/mol. The number of nitrogens with two attached hydrogens (primary N) is 1. The van der Waals surface area contributed by atoms with Crippen LogP contribution in [0.4, 0.5) is 0 Å². The number of hydrogen-bond donors (Lipinski definition) is 2. The summed E-state index contributed by atoms with van der Waals surface area (Å²) < 4.78 is 0. The van der Waals surface area contributed by atoms with Gasteiger partial charge < -0.3 is 16.0 Å². The Labute approximate surface area is 108 Å². The van der Waals surface area contributed by atoms with Gasteiger partial charge in [0.1, 0.15) is 0 Å². The molecule has 18 heavy (non-hydrogen) atoms. The number of carbonyl (C=O) groups is 1. The molecule has 0 bridgehead atoms. The van der Waals surface area contributed by atoms with Crippen molar-refractivity contribution in [2.75, 3.05) is 33.7 Å². The van der Waals surface area contributed by atoms with Crippen LogP contribution in [0.15, 0.2) is 24.3 Å². The average Bonchev–Trinajstić information content (AvgIpc) is 2.36. The molecule has 0 saturated carbocycles. The second-order valence-electron chi connectivity index (χ2n) is 4.15. The summed E-state index contributed by atoms with van der Waals surface area (Å²) in [7, 11) is 3.93. The van der Waals surface area contributed by atoms with E-state index < -0.39 is 0 Å². The third-order valence-corrected chi connectivity index (χ3v) is 2.30. The van der Waals surface area contributed by atoms with Crippen LogP contribution in [-0.4, -0.2) is 44.5 Å². The van der Waals surface area contributed by atoms with Crippen molar-refractivity contribution in [2.24, 2.45) is 5.73 Å². The van der Waals surface area contributed by atoms with E-state index >= 15 is 0 Å². The summed E-state index contributed by atoms with van der Waals surface area (Å²) in [6.07, 6.45) is 0. The predicted molar refractivity (Wildman–Crippen MR) is 73.3 cm³/mol. The van der Waals surface area contributed by atoms with Crippen LogP contribution in [0.5, 0.6) is 0 Å². The first-order valence-electron chi connectivity index (χ1n) is 5.85. The molecule has 1 amide bonds. The lowest BCUT2D eigenvalue weighted by Gasteiger charge is -2.10. The highest BCUT2D eigenvalue weighted by atomic mass is 16.1. The van der Waals surface area contributed by atoms with Crippen LogP contribution < -0.4 is 11.1 Å². The number of nitrogens with zero attached hydrogens (tertiary/aromatic N) is 1. The molecule has 0 atom stereocenters. The van der Waals surface area contributed by atoms with Gasteiger partial charge in [-0.25, -0.2) is 0 Å². The number of nitrogens with one attached hydrogen (secondary N) is 1. The first kappa shape index (κ1) is 14.2. The van der Waals surface area contributed by atoms with Crippen LogP contribution in [-0.2, 0) is 0 Å². The average molecular weight is 245 g/mol. The molecule has 4 heteroatoms. The predicted octanol–water partition coefficient (Wildman–Crippen LogP) is 0.288. The number of hydrogen-bond acceptors (Lipinski definition) is 3. The molecular weight excluding hydrogens is 226 g/mol. The largest absolute Gasteiger partial charge is 0.351 e. The Morgan fingerprint density at radius 2 is 2.22 bits per heavy atom. The highest BCUT2D eigenvalue weighted by Gasteiger charge is 2.04. The maximum absolute atomic E-state index is 11.8. The molecule has 1 aromatic rings. The summed E-state index contributed by atoms with van der Waals surface area (Å²) >= 11 is 0. The Balaban J connectivity index is 2.62. The van der Waals surface area contributed by atoms with Crippen LogP contribution in [0.1, 0.15) is 15.9 Å². The molecule has 0 aliphatic carbocycles. The lowest BCUT2D eigenvalue weighted by Crippen LogP contribution is -2.31. The molecule has 96 valence electrons. The third kappa shape index (κ3) is 5.00. The lowest BCUT2D eigenvalue weighted by atomic mass is 10.1. The third-order valence-electron chi connectivity index (χ3n) is 2.30. The molecule has 0 heterocycles. The summed E-state index contributed by atoms with van der Waals surface area (Å²) in [4.78, 5) is 13.9. The molecule has 0 aromatic heterocycles. The van der Waals surface area contributed by atoms with Crippen LogP contribution in [0, 0.1) is 11.8 Å². The van der Waals surface area contributed by atoms with Crippen molar-refractivity contribution < 1.29 is 4.79 Å². The highest BCUT2D eigenvalue weighted by Crippen LogP contribution is 2.03. The summed E-state index contributed by atoms with van der Waals surface area (Å²) in [5.41, 5.74) is 6.74. The van der Waals surface area contributed by atoms with E-state index in [2.05, 4.69) is 17.2 Å². The van der Waals surface area contributed by atoms with Gasteiger partial charge in [-0.05, 0) is 32.3 Å². The van der Waals surface area contributed by atoms with Gasteiger partial charge in [-0.3, -0.25) is 4.79 Å². The van der Waals surface area contributed by atoms with E-state index in [-0.39, 0.29) is 5.91 Å². The number of carbonyl (C=O) groups excluding carboxylic acids is 1. The Hall–Kier alpha value is -1.83. The van der Waals surface area contributed by atoms with Crippen LogP contribution >= 0.6 is 0 Å². The van der Waals surface area contributed by atoms with Gasteiger partial charge in [0, 0.05) is 24.2 Å². The van der Waals surface area contributed by atoms with Crippen molar-refractivity contribution in [1.29, 1.82) is 0 Å². The summed E-state index contributed by atoms with van der Waals surface area (Å²) in [6.45, 7) is 1.77. The minimum Gasteiger partial charge on any atom is -0.351 e. The summed E-state index contributed by atoms with van der Waals surface area (Å²) in [6, 6.07) is 7.23. The van der Waals surface area contributed by atoms with E-state index in [0.717, 1.165) is 12.1 Å². The molecule has 0 saturated heterocycles. The number of amides is 1. The van der Waals surface area contributed by atoms with Crippen LogP contribution in [0.3, 0.4) is 0 Å². The van der Waals surface area contributed by atoms with Crippen molar-refractivity contribution in [1.82, 2.24) is 10.2 Å². The van der Waals surface area contributed by atoms with Crippen molar-refractivity contribution in [2.45, 2.75) is 0 Å². The molecule has 1 rings (SSSR count). The van der Waals surface area contributed by atoms with Crippen molar-refractivity contribution in [3.8, 4) is 11.8 Å². The van der Waals surface area contributed by atoms with E-state index in [1.54, 1.807) is 12.1 Å². The molecule has 0 aliphatic rings. The fraction of sp³-hybridized carbons (Fsp3) is 0.357. The van der Waals surface area contributed by atoms with Gasteiger partial charge in [0.2, 0.25) is 0 Å². The van der Waals surface area contributed by atoms with Gasteiger partial charge in [0.15, 0.2) is 0 Å². The van der Waals surface area contributed by atoms with E-state index in [1.165, 1.54) is 0 Å². The Bertz CT molecular complexity index is 458. The zero-order valence-electron chi connectivity index (χ0n) is 10.9. The highest BCUT2D eigenvalue weighted by molar-refractivity contribution is 5.94. The van der Waals surface area contributed by atoms with Gasteiger partial charge >= 0.3 is 0 Å². The van der Waals surface area contributed by atoms with Gasteiger partial charge in [-0.1, -0.05) is 17.9 Å². The molecule has 0 aliphatic heterocycles. The molecule has 1 aromatic carbocycles. The minimum atomic E-state index is -0.0757. The molecule has 4 nitrogen and oxygen atoms in total. The smallest absolute Gasteiger partial charge is 0.251 e. The number of benzene rings is 1. The Morgan fingerprint density at radius 1 is 1.44 bits per heavy atom. The van der Waals surface area contributed by atoms with Gasteiger partial charge in [0.05, 0.1) is 6.54 Å². The Kier molecular flexibility index (Phi) is 5.92. The summed E-state index contributed by atoms with van der Waals surface area (Å²) in [5.74, 6) is 5.60. The van der Waals surface area contributed by atoms with Crippen molar-refractivity contribution in [3.63, 3.8) is 0 Å². The van der Waals surface area contributed by atoms with Crippen LogP contribution in [0.2, 0.25) is 0 Å². The Morgan fingerprint density at radius 3 is 2.89 bits per heavy atom. The number of rotatable bonds is 4.